The largest absolute Gasteiger partial charge is 0.327 e. The Morgan fingerprint density at radius 2 is 2.33 bits per heavy atom. The van der Waals surface area contributed by atoms with Crippen molar-refractivity contribution in [1.82, 2.24) is 10.3 Å². The van der Waals surface area contributed by atoms with Gasteiger partial charge < -0.3 is 11.1 Å². The molecule has 0 aliphatic rings. The fourth-order valence-electron chi connectivity index (χ4n) is 1.58. The highest BCUT2D eigenvalue weighted by atomic mass is 32.1. The van der Waals surface area contributed by atoms with Gasteiger partial charge in [0.05, 0.1) is 6.04 Å². The molecule has 0 aliphatic heterocycles. The molecule has 0 radical (unpaired) electrons. The van der Waals surface area contributed by atoms with Crippen LogP contribution >= 0.6 is 11.3 Å². The fraction of sp³-hybridized carbons (Fsp3) is 0.727. The number of hydrogen-bond acceptors (Lipinski definition) is 4. The minimum atomic E-state index is 0.268. The molecule has 1 heterocycles. The monoisotopic (exact) mass is 227 g/mol. The van der Waals surface area contributed by atoms with E-state index in [9.17, 15) is 0 Å². The van der Waals surface area contributed by atoms with Crippen LogP contribution in [0.15, 0.2) is 11.6 Å². The molecule has 3 nitrogen and oxygen atoms in total. The van der Waals surface area contributed by atoms with Gasteiger partial charge in [0, 0.05) is 24.2 Å². The third kappa shape index (κ3) is 4.28. The van der Waals surface area contributed by atoms with Crippen LogP contribution in [0.3, 0.4) is 0 Å². The van der Waals surface area contributed by atoms with Crippen molar-refractivity contribution >= 4 is 11.3 Å². The highest BCUT2D eigenvalue weighted by Crippen LogP contribution is 2.18. The molecule has 0 aliphatic carbocycles. The molecular formula is C11H21N3S. The second-order valence-electron chi connectivity index (χ2n) is 3.79. The summed E-state index contributed by atoms with van der Waals surface area (Å²) in [6.45, 7) is 5.22. The first-order chi connectivity index (χ1) is 7.27. The first kappa shape index (κ1) is 12.6. The van der Waals surface area contributed by atoms with Gasteiger partial charge in [-0.25, -0.2) is 4.98 Å². The second-order valence-corrected chi connectivity index (χ2v) is 4.71. The van der Waals surface area contributed by atoms with Crippen LogP contribution in [-0.4, -0.2) is 17.6 Å². The Balaban J connectivity index is 2.35. The van der Waals surface area contributed by atoms with Gasteiger partial charge in [0.25, 0.3) is 0 Å². The molecule has 2 unspecified atom stereocenters. The zero-order valence-corrected chi connectivity index (χ0v) is 10.4. The van der Waals surface area contributed by atoms with Crippen molar-refractivity contribution in [1.29, 1.82) is 0 Å². The lowest BCUT2D eigenvalue weighted by Gasteiger charge is -2.17. The molecule has 86 valence electrons. The van der Waals surface area contributed by atoms with E-state index in [1.165, 1.54) is 5.01 Å². The van der Waals surface area contributed by atoms with Gasteiger partial charge in [0.2, 0.25) is 0 Å². The summed E-state index contributed by atoms with van der Waals surface area (Å²) in [6, 6.07) is 0.636. The van der Waals surface area contributed by atoms with Crippen LogP contribution in [0, 0.1) is 0 Å². The molecule has 1 aromatic rings. The maximum Gasteiger partial charge on any atom is 0.109 e. The van der Waals surface area contributed by atoms with Crippen LogP contribution in [0.4, 0.5) is 0 Å². The number of rotatable bonds is 7. The third-order valence-electron chi connectivity index (χ3n) is 2.44. The predicted molar refractivity (Wildman–Crippen MR) is 66.0 cm³/mol. The van der Waals surface area contributed by atoms with Crippen LogP contribution < -0.4 is 11.1 Å². The molecule has 0 bridgehead atoms. The predicted octanol–water partition coefficient (Wildman–Crippen LogP) is 2.31. The Morgan fingerprint density at radius 3 is 2.87 bits per heavy atom. The molecule has 3 N–H and O–H groups in total. The summed E-state index contributed by atoms with van der Waals surface area (Å²) in [5.41, 5.74) is 5.96. The van der Waals surface area contributed by atoms with Gasteiger partial charge in [-0.2, -0.15) is 0 Å². The molecule has 0 fully saturated rings. The smallest absolute Gasteiger partial charge is 0.109 e. The first-order valence-corrected chi connectivity index (χ1v) is 6.54. The molecule has 0 aromatic carbocycles. The number of nitrogens with two attached hydrogens (primary N) is 1. The van der Waals surface area contributed by atoms with Gasteiger partial charge in [0.15, 0.2) is 0 Å². The van der Waals surface area contributed by atoms with Crippen molar-refractivity contribution in [2.75, 3.05) is 6.54 Å². The fourth-order valence-corrected chi connectivity index (χ4v) is 2.38. The van der Waals surface area contributed by atoms with E-state index in [1.54, 1.807) is 11.3 Å². The van der Waals surface area contributed by atoms with Gasteiger partial charge >= 0.3 is 0 Å². The normalized spacial score (nSPS) is 15.1. The lowest BCUT2D eigenvalue weighted by atomic mass is 10.1. The molecule has 2 atom stereocenters. The number of nitrogens with one attached hydrogen (secondary N) is 1. The highest BCUT2D eigenvalue weighted by molar-refractivity contribution is 7.09. The van der Waals surface area contributed by atoms with E-state index in [2.05, 4.69) is 24.1 Å². The molecule has 0 saturated heterocycles. The summed E-state index contributed by atoms with van der Waals surface area (Å²) in [7, 11) is 0. The Hall–Kier alpha value is -0.450. The Bertz CT molecular complexity index is 248. The molecular weight excluding hydrogens is 206 g/mol. The zero-order valence-electron chi connectivity index (χ0n) is 9.57. The van der Waals surface area contributed by atoms with Crippen LogP contribution in [-0.2, 0) is 0 Å². The quantitative estimate of drug-likeness (QED) is 0.751. The van der Waals surface area contributed by atoms with Gasteiger partial charge in [0.1, 0.15) is 5.01 Å². The van der Waals surface area contributed by atoms with E-state index >= 15 is 0 Å². The van der Waals surface area contributed by atoms with Crippen LogP contribution in [0.25, 0.3) is 0 Å². The Labute approximate surface area is 96.1 Å². The number of thiazole rings is 1. The van der Waals surface area contributed by atoms with Crippen molar-refractivity contribution in [3.8, 4) is 0 Å². The van der Waals surface area contributed by atoms with E-state index in [4.69, 9.17) is 5.73 Å². The van der Waals surface area contributed by atoms with Crippen LogP contribution in [0.5, 0.6) is 0 Å². The molecule has 15 heavy (non-hydrogen) atoms. The van der Waals surface area contributed by atoms with E-state index < -0.39 is 0 Å². The maximum absolute atomic E-state index is 5.96. The highest BCUT2D eigenvalue weighted by Gasteiger charge is 2.12. The third-order valence-corrected chi connectivity index (χ3v) is 3.33. The minimum absolute atomic E-state index is 0.268. The van der Waals surface area contributed by atoms with E-state index in [1.807, 2.05) is 11.6 Å². The summed E-state index contributed by atoms with van der Waals surface area (Å²) in [5.74, 6) is 0. The standard InChI is InChI=1S/C11H21N3S/c1-3-5-9(12)8-14-10(4-2)11-13-6-7-15-11/h6-7,9-10,14H,3-5,8,12H2,1-2H3. The van der Waals surface area contributed by atoms with Crippen molar-refractivity contribution in [2.24, 2.45) is 5.73 Å². The first-order valence-electron chi connectivity index (χ1n) is 5.66. The topological polar surface area (TPSA) is 50.9 Å². The zero-order chi connectivity index (χ0) is 11.1. The van der Waals surface area contributed by atoms with Crippen molar-refractivity contribution in [3.05, 3.63) is 16.6 Å². The van der Waals surface area contributed by atoms with E-state index in [0.717, 1.165) is 25.8 Å². The lowest BCUT2D eigenvalue weighted by Crippen LogP contribution is -2.35. The molecule has 0 amide bonds. The van der Waals surface area contributed by atoms with Crippen molar-refractivity contribution in [2.45, 2.75) is 45.2 Å². The summed E-state index contributed by atoms with van der Waals surface area (Å²) in [4.78, 5) is 4.33. The van der Waals surface area contributed by atoms with E-state index in [0.29, 0.717) is 6.04 Å². The van der Waals surface area contributed by atoms with Crippen molar-refractivity contribution < 1.29 is 0 Å². The van der Waals surface area contributed by atoms with Gasteiger partial charge in [-0.15, -0.1) is 11.3 Å². The molecule has 4 heteroatoms. The van der Waals surface area contributed by atoms with Gasteiger partial charge in [-0.1, -0.05) is 20.3 Å². The molecule has 0 saturated carbocycles. The Morgan fingerprint density at radius 1 is 1.53 bits per heavy atom. The number of nitrogens with zero attached hydrogens (tertiary/aromatic N) is 1. The summed E-state index contributed by atoms with van der Waals surface area (Å²) < 4.78 is 0. The Kier molecular flexibility index (Phi) is 5.83. The number of hydrogen-bond donors (Lipinski definition) is 2. The average molecular weight is 227 g/mol. The SMILES string of the molecule is CCCC(N)CNC(CC)c1nccs1. The lowest BCUT2D eigenvalue weighted by molar-refractivity contribution is 0.464. The average Bonchev–Trinajstić information content (AvgIpc) is 2.72. The molecule has 0 spiro atoms. The minimum Gasteiger partial charge on any atom is -0.327 e. The van der Waals surface area contributed by atoms with E-state index in [-0.39, 0.29) is 6.04 Å². The summed E-state index contributed by atoms with van der Waals surface area (Å²) in [6.07, 6.45) is 5.15. The summed E-state index contributed by atoms with van der Waals surface area (Å²) >= 11 is 1.71. The molecule has 1 rings (SSSR count). The van der Waals surface area contributed by atoms with Crippen LogP contribution in [0.1, 0.15) is 44.2 Å². The van der Waals surface area contributed by atoms with Crippen molar-refractivity contribution in [3.63, 3.8) is 0 Å². The molecule has 1 aromatic heterocycles. The van der Waals surface area contributed by atoms with Gasteiger partial charge in [-0.3, -0.25) is 0 Å². The summed E-state index contributed by atoms with van der Waals surface area (Å²) in [5, 5.41) is 6.67. The second kappa shape index (κ2) is 6.93. The van der Waals surface area contributed by atoms with Crippen LogP contribution in [0.2, 0.25) is 0 Å². The maximum atomic E-state index is 5.96. The van der Waals surface area contributed by atoms with Gasteiger partial charge in [-0.05, 0) is 12.8 Å². The number of aromatic nitrogens is 1.